The van der Waals surface area contributed by atoms with E-state index < -0.39 is 0 Å². The van der Waals surface area contributed by atoms with Crippen molar-refractivity contribution in [3.8, 4) is 17.2 Å². The summed E-state index contributed by atoms with van der Waals surface area (Å²) in [5, 5.41) is 3.13. The minimum atomic E-state index is 0.280. The number of rotatable bonds is 8. The Hall–Kier alpha value is -1.46. The minimum Gasteiger partial charge on any atom is -0.493 e. The maximum absolute atomic E-state index is 5.81. The van der Waals surface area contributed by atoms with Gasteiger partial charge in [0.2, 0.25) is 6.79 Å². The molecule has 0 amide bonds. The normalized spacial score (nSPS) is 12.7. The number of fused-ring (bicyclic) bond motifs is 1. The third-order valence-corrected chi connectivity index (χ3v) is 2.82. The fourth-order valence-corrected chi connectivity index (χ4v) is 1.92. The zero-order valence-corrected chi connectivity index (χ0v) is 11.5. The maximum atomic E-state index is 5.81. The highest BCUT2D eigenvalue weighted by Crippen LogP contribution is 2.38. The summed E-state index contributed by atoms with van der Waals surface area (Å²) in [7, 11) is 1.91. The second kappa shape index (κ2) is 7.21. The van der Waals surface area contributed by atoms with E-state index in [2.05, 4.69) is 5.32 Å². The van der Waals surface area contributed by atoms with Gasteiger partial charge in [-0.3, -0.25) is 0 Å². The highest BCUT2D eigenvalue weighted by atomic mass is 16.7. The van der Waals surface area contributed by atoms with Crippen LogP contribution in [0.3, 0.4) is 0 Å². The van der Waals surface area contributed by atoms with Crippen molar-refractivity contribution in [2.45, 2.75) is 19.9 Å². The first-order valence-corrected chi connectivity index (χ1v) is 6.62. The van der Waals surface area contributed by atoms with Gasteiger partial charge in [0, 0.05) is 37.8 Å². The monoisotopic (exact) mass is 267 g/mol. The van der Waals surface area contributed by atoms with Crippen molar-refractivity contribution in [2.24, 2.45) is 0 Å². The zero-order chi connectivity index (χ0) is 13.5. The molecule has 0 spiro atoms. The standard InChI is InChI=1S/C14H21NO4/c1-3-16-5-4-6-17-12-8-14-13(18-10-19-14)7-11(12)9-15-2/h7-8,15H,3-6,9-10H2,1-2H3. The highest BCUT2D eigenvalue weighted by Gasteiger charge is 2.17. The van der Waals surface area contributed by atoms with E-state index >= 15 is 0 Å². The Morgan fingerprint density at radius 3 is 2.74 bits per heavy atom. The van der Waals surface area contributed by atoms with Crippen molar-refractivity contribution in [3.63, 3.8) is 0 Å². The fraction of sp³-hybridized carbons (Fsp3) is 0.571. The number of benzene rings is 1. The quantitative estimate of drug-likeness (QED) is 0.729. The Bertz CT molecular complexity index is 409. The van der Waals surface area contributed by atoms with Crippen LogP contribution in [0.1, 0.15) is 18.9 Å². The van der Waals surface area contributed by atoms with Crippen LogP contribution < -0.4 is 19.5 Å². The lowest BCUT2D eigenvalue weighted by molar-refractivity contribution is 0.130. The molecule has 1 aliphatic heterocycles. The van der Waals surface area contributed by atoms with E-state index in [9.17, 15) is 0 Å². The Balaban J connectivity index is 1.97. The molecule has 106 valence electrons. The van der Waals surface area contributed by atoms with Crippen LogP contribution in [-0.4, -0.2) is 33.7 Å². The molecular weight excluding hydrogens is 246 g/mol. The molecule has 5 nitrogen and oxygen atoms in total. The summed E-state index contributed by atoms with van der Waals surface area (Å²) >= 11 is 0. The molecule has 5 heteroatoms. The molecule has 1 heterocycles. The molecule has 1 aliphatic rings. The minimum absolute atomic E-state index is 0.280. The first kappa shape index (κ1) is 14.0. The molecule has 0 unspecified atom stereocenters. The number of hydrogen-bond acceptors (Lipinski definition) is 5. The molecule has 0 saturated heterocycles. The van der Waals surface area contributed by atoms with E-state index in [0.717, 1.165) is 49.0 Å². The Morgan fingerprint density at radius 2 is 2.00 bits per heavy atom. The van der Waals surface area contributed by atoms with E-state index in [4.69, 9.17) is 18.9 Å². The molecule has 0 saturated carbocycles. The third kappa shape index (κ3) is 3.75. The summed E-state index contributed by atoms with van der Waals surface area (Å²) in [6, 6.07) is 3.87. The molecule has 1 aromatic rings. The van der Waals surface area contributed by atoms with Crippen molar-refractivity contribution in [1.82, 2.24) is 5.32 Å². The Kier molecular flexibility index (Phi) is 5.30. The summed E-state index contributed by atoms with van der Waals surface area (Å²) in [6.45, 7) is 5.11. The van der Waals surface area contributed by atoms with Gasteiger partial charge in [-0.05, 0) is 20.0 Å². The predicted octanol–water partition coefficient (Wildman–Crippen LogP) is 1.94. The first-order valence-electron chi connectivity index (χ1n) is 6.62. The van der Waals surface area contributed by atoms with Crippen molar-refractivity contribution in [2.75, 3.05) is 33.7 Å². The smallest absolute Gasteiger partial charge is 0.231 e. The second-order valence-electron chi connectivity index (χ2n) is 4.24. The summed E-state index contributed by atoms with van der Waals surface area (Å²) in [5.74, 6) is 2.38. The largest absolute Gasteiger partial charge is 0.493 e. The van der Waals surface area contributed by atoms with Crippen molar-refractivity contribution in [1.29, 1.82) is 0 Å². The molecular formula is C14H21NO4. The highest BCUT2D eigenvalue weighted by molar-refractivity contribution is 5.51. The van der Waals surface area contributed by atoms with Crippen LogP contribution >= 0.6 is 0 Å². The van der Waals surface area contributed by atoms with Gasteiger partial charge in [0.15, 0.2) is 11.5 Å². The van der Waals surface area contributed by atoms with E-state index in [-0.39, 0.29) is 6.79 Å². The molecule has 2 rings (SSSR count). The van der Waals surface area contributed by atoms with Crippen molar-refractivity contribution < 1.29 is 18.9 Å². The zero-order valence-electron chi connectivity index (χ0n) is 11.5. The van der Waals surface area contributed by atoms with Crippen molar-refractivity contribution in [3.05, 3.63) is 17.7 Å². The van der Waals surface area contributed by atoms with Gasteiger partial charge in [-0.25, -0.2) is 0 Å². The third-order valence-electron chi connectivity index (χ3n) is 2.82. The van der Waals surface area contributed by atoms with E-state index in [0.29, 0.717) is 6.61 Å². The average molecular weight is 267 g/mol. The van der Waals surface area contributed by atoms with Gasteiger partial charge in [-0.1, -0.05) is 0 Å². The Labute approximate surface area is 113 Å². The van der Waals surface area contributed by atoms with Crippen LogP contribution in [0.5, 0.6) is 17.2 Å². The maximum Gasteiger partial charge on any atom is 0.231 e. The molecule has 0 aromatic heterocycles. The van der Waals surface area contributed by atoms with Crippen LogP contribution in [0.2, 0.25) is 0 Å². The lowest BCUT2D eigenvalue weighted by Crippen LogP contribution is -2.09. The summed E-state index contributed by atoms with van der Waals surface area (Å²) in [6.07, 6.45) is 0.876. The molecule has 19 heavy (non-hydrogen) atoms. The molecule has 0 radical (unpaired) electrons. The van der Waals surface area contributed by atoms with Crippen molar-refractivity contribution >= 4 is 0 Å². The van der Waals surface area contributed by atoms with Gasteiger partial charge >= 0.3 is 0 Å². The van der Waals surface area contributed by atoms with E-state index in [1.165, 1.54) is 0 Å². The molecule has 0 fully saturated rings. The van der Waals surface area contributed by atoms with Crippen LogP contribution in [0.4, 0.5) is 0 Å². The number of ether oxygens (including phenoxy) is 4. The molecule has 1 N–H and O–H groups in total. The predicted molar refractivity (Wildman–Crippen MR) is 71.9 cm³/mol. The van der Waals surface area contributed by atoms with Gasteiger partial charge in [0.25, 0.3) is 0 Å². The fourth-order valence-electron chi connectivity index (χ4n) is 1.92. The van der Waals surface area contributed by atoms with Gasteiger partial charge in [0.1, 0.15) is 5.75 Å². The summed E-state index contributed by atoms with van der Waals surface area (Å²) < 4.78 is 21.8. The van der Waals surface area contributed by atoms with Crippen LogP contribution in [0.25, 0.3) is 0 Å². The van der Waals surface area contributed by atoms with E-state index in [1.54, 1.807) is 0 Å². The molecule has 1 aromatic carbocycles. The average Bonchev–Trinajstić information content (AvgIpc) is 2.86. The SMILES string of the molecule is CCOCCCOc1cc2c(cc1CNC)OCO2. The second-order valence-corrected chi connectivity index (χ2v) is 4.24. The first-order chi connectivity index (χ1) is 9.35. The van der Waals surface area contributed by atoms with Crippen LogP contribution in [0, 0.1) is 0 Å². The molecule has 0 aliphatic carbocycles. The summed E-state index contributed by atoms with van der Waals surface area (Å²) in [5.41, 5.74) is 1.07. The van der Waals surface area contributed by atoms with E-state index in [1.807, 2.05) is 26.1 Å². The van der Waals surface area contributed by atoms with Gasteiger partial charge in [-0.15, -0.1) is 0 Å². The lowest BCUT2D eigenvalue weighted by Gasteiger charge is -2.12. The van der Waals surface area contributed by atoms with Gasteiger partial charge in [-0.2, -0.15) is 0 Å². The molecule has 0 bridgehead atoms. The van der Waals surface area contributed by atoms with Gasteiger partial charge in [0.05, 0.1) is 6.61 Å². The number of nitrogens with one attached hydrogen (secondary N) is 1. The Morgan fingerprint density at radius 1 is 1.21 bits per heavy atom. The lowest BCUT2D eigenvalue weighted by atomic mass is 10.1. The van der Waals surface area contributed by atoms with Gasteiger partial charge < -0.3 is 24.3 Å². The number of hydrogen-bond donors (Lipinski definition) is 1. The topological polar surface area (TPSA) is 49.0 Å². The molecule has 0 atom stereocenters. The van der Waals surface area contributed by atoms with Crippen LogP contribution in [-0.2, 0) is 11.3 Å². The van der Waals surface area contributed by atoms with Crippen LogP contribution in [0.15, 0.2) is 12.1 Å². The summed E-state index contributed by atoms with van der Waals surface area (Å²) in [4.78, 5) is 0.